The van der Waals surface area contributed by atoms with Gasteiger partial charge in [-0.1, -0.05) is 133 Å². The lowest BCUT2D eigenvalue weighted by molar-refractivity contribution is 1.60. The number of hydrogen-bond acceptors (Lipinski definition) is 0. The third kappa shape index (κ3) is 5.52. The summed E-state index contributed by atoms with van der Waals surface area (Å²) in [6, 6.07) is 43.6. The Kier molecular flexibility index (Phi) is 7.84. The lowest BCUT2D eigenvalue weighted by atomic mass is 10.4. The van der Waals surface area contributed by atoms with Gasteiger partial charge in [0.05, 0.1) is 0 Å². The molecule has 0 aromatic heterocycles. The molecule has 0 aliphatic carbocycles. The Morgan fingerprint density at radius 1 is 0.406 bits per heavy atom. The van der Waals surface area contributed by atoms with Crippen molar-refractivity contribution in [1.82, 2.24) is 0 Å². The highest BCUT2D eigenvalue weighted by Crippen LogP contribution is 2.45. The summed E-state index contributed by atoms with van der Waals surface area (Å²) in [5.41, 5.74) is 0. The molecule has 0 radical (unpaired) electrons. The van der Waals surface area contributed by atoms with Crippen LogP contribution in [0.2, 0.25) is 0 Å². The quantitative estimate of drug-likeness (QED) is 0.209. The van der Waals surface area contributed by atoms with E-state index in [-0.39, 0.29) is 0 Å². The molecule has 0 saturated carbocycles. The molecule has 0 amide bonds. The summed E-state index contributed by atoms with van der Waals surface area (Å²) < 4.78 is 0. The molecule has 4 rings (SSSR count). The Bertz CT molecular complexity index is 989. The van der Waals surface area contributed by atoms with E-state index in [9.17, 15) is 0 Å². The van der Waals surface area contributed by atoms with Crippen molar-refractivity contribution in [2.45, 2.75) is 13.8 Å². The molecular weight excluding hydrogens is 422 g/mol. The van der Waals surface area contributed by atoms with Gasteiger partial charge >= 0.3 is 0 Å². The first-order valence-corrected chi connectivity index (χ1v) is 13.6. The fourth-order valence-corrected chi connectivity index (χ4v) is 8.36. The van der Waals surface area contributed by atoms with Crippen LogP contribution in [-0.4, -0.2) is 0 Å². The van der Waals surface area contributed by atoms with Crippen molar-refractivity contribution in [2.75, 3.05) is 0 Å². The van der Waals surface area contributed by atoms with Crippen LogP contribution < -0.4 is 21.2 Å². The van der Waals surface area contributed by atoms with Crippen LogP contribution in [0.5, 0.6) is 0 Å². The van der Waals surface area contributed by atoms with Gasteiger partial charge in [0.2, 0.25) is 0 Å². The summed E-state index contributed by atoms with van der Waals surface area (Å²) in [4.78, 5) is 0. The summed E-state index contributed by atoms with van der Waals surface area (Å²) in [5, 5.41) is 8.38. The molecule has 4 aromatic rings. The van der Waals surface area contributed by atoms with E-state index in [1.165, 1.54) is 31.8 Å². The maximum absolute atomic E-state index is 2.35. The van der Waals surface area contributed by atoms with Crippen LogP contribution in [0, 0.1) is 0 Å². The van der Waals surface area contributed by atoms with Crippen LogP contribution in [0.1, 0.15) is 13.8 Å². The van der Waals surface area contributed by atoms with E-state index in [2.05, 4.69) is 147 Å². The second-order valence-electron chi connectivity index (χ2n) is 7.63. The molecule has 4 aromatic carbocycles. The second kappa shape index (κ2) is 11.2. The normalized spacial score (nSPS) is 12.4. The first kappa shape index (κ1) is 22.4. The van der Waals surface area contributed by atoms with Crippen molar-refractivity contribution in [3.63, 3.8) is 0 Å². The molecule has 0 nitrogen and oxygen atoms in total. The highest BCUT2D eigenvalue weighted by Gasteiger charge is 2.17. The van der Waals surface area contributed by atoms with E-state index in [0.29, 0.717) is 0 Å². The highest BCUT2D eigenvalue weighted by molar-refractivity contribution is 7.77. The molecule has 0 N–H and O–H groups in total. The van der Waals surface area contributed by atoms with Crippen molar-refractivity contribution in [3.05, 3.63) is 144 Å². The topological polar surface area (TPSA) is 0 Å². The standard InChI is InChI=1S/C30H28P2/c1-25(31(27-15-7-3-8-16-27)28-17-9-4-10-18-28)23-24-26(2)32(29-19-11-5-12-20-29)30-21-13-6-14-22-30/h3-24H,1-2H3/b25-23+,26-24+. The third-order valence-corrected chi connectivity index (χ3v) is 10.3. The first-order valence-electron chi connectivity index (χ1n) is 10.9. The third-order valence-electron chi connectivity index (χ3n) is 5.33. The van der Waals surface area contributed by atoms with Gasteiger partial charge in [0.15, 0.2) is 0 Å². The molecule has 0 unspecified atom stereocenters. The Labute approximate surface area is 194 Å². The molecule has 0 atom stereocenters. The minimum atomic E-state index is -0.547. The van der Waals surface area contributed by atoms with Crippen LogP contribution in [-0.2, 0) is 0 Å². The molecule has 0 aliphatic rings. The summed E-state index contributed by atoms with van der Waals surface area (Å²) in [6.07, 6.45) is 4.70. The minimum Gasteiger partial charge on any atom is -0.0622 e. The Morgan fingerprint density at radius 2 is 0.625 bits per heavy atom. The molecule has 0 saturated heterocycles. The Hall–Kier alpha value is -2.78. The smallest absolute Gasteiger partial charge is 0.0154 e. The van der Waals surface area contributed by atoms with Gasteiger partial charge in [-0.25, -0.2) is 0 Å². The van der Waals surface area contributed by atoms with Crippen molar-refractivity contribution in [3.8, 4) is 0 Å². The molecule has 0 bridgehead atoms. The highest BCUT2D eigenvalue weighted by atomic mass is 31.1. The van der Waals surface area contributed by atoms with Crippen LogP contribution >= 0.6 is 15.8 Å². The van der Waals surface area contributed by atoms with Crippen molar-refractivity contribution < 1.29 is 0 Å². The zero-order valence-corrected chi connectivity index (χ0v) is 20.4. The zero-order chi connectivity index (χ0) is 22.2. The van der Waals surface area contributed by atoms with Crippen LogP contribution in [0.15, 0.2) is 144 Å². The maximum Gasteiger partial charge on any atom is -0.0154 e. The lowest BCUT2D eigenvalue weighted by Crippen LogP contribution is -2.12. The fourth-order valence-electron chi connectivity index (χ4n) is 3.81. The van der Waals surface area contributed by atoms with Crippen molar-refractivity contribution in [1.29, 1.82) is 0 Å². The zero-order valence-electron chi connectivity index (χ0n) is 18.6. The van der Waals surface area contributed by atoms with E-state index < -0.39 is 15.8 Å². The van der Waals surface area contributed by atoms with E-state index in [1.54, 1.807) is 0 Å². The van der Waals surface area contributed by atoms with Crippen molar-refractivity contribution >= 4 is 37.1 Å². The fraction of sp³-hybridized carbons (Fsp3) is 0.0667. The predicted molar refractivity (Wildman–Crippen MR) is 146 cm³/mol. The lowest BCUT2D eigenvalue weighted by Gasteiger charge is -2.21. The number of rotatable bonds is 7. The average molecular weight is 451 g/mol. The molecular formula is C30H28P2. The molecule has 0 fully saturated rings. The van der Waals surface area contributed by atoms with Gasteiger partial charge in [-0.2, -0.15) is 0 Å². The van der Waals surface area contributed by atoms with Gasteiger partial charge < -0.3 is 0 Å². The Balaban J connectivity index is 1.72. The van der Waals surface area contributed by atoms with Crippen molar-refractivity contribution in [2.24, 2.45) is 0 Å². The molecule has 158 valence electrons. The van der Waals surface area contributed by atoms with Gasteiger partial charge in [0.25, 0.3) is 0 Å². The Morgan fingerprint density at radius 3 is 0.844 bits per heavy atom. The van der Waals surface area contributed by atoms with Gasteiger partial charge in [0, 0.05) is 0 Å². The van der Waals surface area contributed by atoms with Gasteiger partial charge in [0.1, 0.15) is 0 Å². The maximum atomic E-state index is 2.35. The summed E-state index contributed by atoms with van der Waals surface area (Å²) >= 11 is 0. The largest absolute Gasteiger partial charge is 0.0622 e. The number of benzene rings is 4. The second-order valence-corrected chi connectivity index (χ2v) is 12.4. The van der Waals surface area contributed by atoms with Crippen LogP contribution in [0.4, 0.5) is 0 Å². The molecule has 0 aliphatic heterocycles. The average Bonchev–Trinajstić information content (AvgIpc) is 2.86. The van der Waals surface area contributed by atoms with Crippen LogP contribution in [0.25, 0.3) is 0 Å². The van der Waals surface area contributed by atoms with Gasteiger partial charge in [-0.3, -0.25) is 0 Å². The van der Waals surface area contributed by atoms with E-state index in [1.807, 2.05) is 0 Å². The molecule has 0 heterocycles. The predicted octanol–water partition coefficient (Wildman–Crippen LogP) is 7.06. The van der Waals surface area contributed by atoms with E-state index >= 15 is 0 Å². The minimum absolute atomic E-state index is 0.547. The van der Waals surface area contributed by atoms with Gasteiger partial charge in [-0.15, -0.1) is 0 Å². The number of allylic oxidation sites excluding steroid dienone is 4. The van der Waals surface area contributed by atoms with E-state index in [0.717, 1.165) is 0 Å². The number of hydrogen-bond donors (Lipinski definition) is 0. The van der Waals surface area contributed by atoms with Crippen LogP contribution in [0.3, 0.4) is 0 Å². The van der Waals surface area contributed by atoms with E-state index in [4.69, 9.17) is 0 Å². The molecule has 0 spiro atoms. The summed E-state index contributed by atoms with van der Waals surface area (Å²) in [5.74, 6) is 0. The monoisotopic (exact) mass is 450 g/mol. The first-order chi connectivity index (χ1) is 15.7. The SMILES string of the molecule is C/C(=C\C=C(/C)P(c1ccccc1)c1ccccc1)P(c1ccccc1)c1ccccc1. The molecule has 32 heavy (non-hydrogen) atoms. The van der Waals surface area contributed by atoms with Gasteiger partial charge in [-0.05, 0) is 61.5 Å². The summed E-state index contributed by atoms with van der Waals surface area (Å²) in [7, 11) is -1.09. The summed E-state index contributed by atoms with van der Waals surface area (Å²) in [6.45, 7) is 4.56. The molecule has 2 heteroatoms.